The Hall–Kier alpha value is -3.15. The van der Waals surface area contributed by atoms with E-state index in [-0.39, 0.29) is 29.3 Å². The summed E-state index contributed by atoms with van der Waals surface area (Å²) >= 11 is 5.25. The van der Waals surface area contributed by atoms with Crippen molar-refractivity contribution in [3.05, 3.63) is 64.7 Å². The summed E-state index contributed by atoms with van der Waals surface area (Å²) in [7, 11) is -4.78. The van der Waals surface area contributed by atoms with Gasteiger partial charge in [0.05, 0.1) is 12.1 Å². The number of phosphoric acid groups is 1. The van der Waals surface area contributed by atoms with Crippen LogP contribution in [0.3, 0.4) is 0 Å². The summed E-state index contributed by atoms with van der Waals surface area (Å²) < 4.78 is 50.0. The maximum Gasteiger partial charge on any atom is 0.472 e. The maximum absolute atomic E-state index is 13.0. The molecule has 6 heterocycles. The van der Waals surface area contributed by atoms with Gasteiger partial charge in [-0.3, -0.25) is 27.9 Å². The Morgan fingerprint density at radius 1 is 1.12 bits per heavy atom. The molecule has 0 radical (unpaired) electrons. The van der Waals surface area contributed by atoms with Gasteiger partial charge < -0.3 is 39.2 Å². The van der Waals surface area contributed by atoms with Crippen LogP contribution in [0.4, 0.5) is 5.95 Å². The number of phosphoric ester groups is 1. The number of rotatable bonds is 2. The number of aromatic amines is 1. The summed E-state index contributed by atoms with van der Waals surface area (Å²) in [6.07, 6.45) is -2.36. The zero-order valence-corrected chi connectivity index (χ0v) is 24.4. The fraction of sp³-hybridized carbons (Fsp3) is 0.348. The fourth-order valence-electron chi connectivity index (χ4n) is 5.27. The van der Waals surface area contributed by atoms with Gasteiger partial charge in [-0.25, -0.2) is 9.55 Å². The standard InChI is InChI=1S/C23H24N6O11P2S/c24-23-26-20-17(21(31)27-23)25-10-29(20)22-19-18(30)15(38-22)9-35-41(32,33)39-13-7-16(37-14(13)8-36-42(34,43)40-19)28-6-5-11-3-1-2-4-12(11)28/h1-6,10,13-14,16,19,22,30H,7-9H2,(H,32,33)(H,34,43)(H3,24,26,27,31)/t13?,14-,16-,19?,22-,42?/m1/s1. The van der Waals surface area contributed by atoms with Crippen molar-refractivity contribution in [2.24, 2.45) is 0 Å². The van der Waals surface area contributed by atoms with E-state index in [4.69, 9.17) is 45.1 Å². The molecule has 2 bridgehead atoms. The van der Waals surface area contributed by atoms with E-state index in [9.17, 15) is 24.3 Å². The molecular weight excluding hydrogens is 630 g/mol. The first-order valence-corrected chi connectivity index (χ1v) is 16.9. The summed E-state index contributed by atoms with van der Waals surface area (Å²) in [5.74, 6) is -1.17. The third-order valence-electron chi connectivity index (χ3n) is 7.20. The Bertz CT molecular complexity index is 1930. The Kier molecular flexibility index (Phi) is 6.98. The van der Waals surface area contributed by atoms with Gasteiger partial charge in [-0.05, 0) is 29.3 Å². The van der Waals surface area contributed by atoms with Crippen LogP contribution >= 0.6 is 14.5 Å². The predicted molar refractivity (Wildman–Crippen MR) is 151 cm³/mol. The largest absolute Gasteiger partial charge is 0.506 e. The van der Waals surface area contributed by atoms with Gasteiger partial charge in [0.2, 0.25) is 12.2 Å². The molecule has 4 aromatic rings. The van der Waals surface area contributed by atoms with Crippen molar-refractivity contribution in [1.82, 2.24) is 24.1 Å². The molecule has 6 N–H and O–H groups in total. The summed E-state index contributed by atoms with van der Waals surface area (Å²) in [4.78, 5) is 44.3. The molecular formula is C23H24N6O11P2S. The Labute approximate surface area is 246 Å². The predicted octanol–water partition coefficient (Wildman–Crippen LogP) is 2.08. The van der Waals surface area contributed by atoms with Crippen LogP contribution in [0.25, 0.3) is 22.1 Å². The van der Waals surface area contributed by atoms with E-state index in [1.165, 1.54) is 10.9 Å². The molecule has 0 amide bonds. The lowest BCUT2D eigenvalue weighted by Gasteiger charge is -2.27. The first-order chi connectivity index (χ1) is 20.5. The van der Waals surface area contributed by atoms with Gasteiger partial charge in [-0.15, -0.1) is 0 Å². The van der Waals surface area contributed by atoms with Gasteiger partial charge in [0, 0.05) is 12.6 Å². The van der Waals surface area contributed by atoms with Gasteiger partial charge in [0.15, 0.2) is 28.8 Å². The first kappa shape index (κ1) is 28.6. The summed E-state index contributed by atoms with van der Waals surface area (Å²) in [6.45, 7) is -5.29. The number of imidazole rings is 1. The van der Waals surface area contributed by atoms with Gasteiger partial charge in [0.1, 0.15) is 31.4 Å². The molecule has 7 atom stereocenters. The molecule has 1 saturated heterocycles. The minimum absolute atomic E-state index is 0.0370. The molecule has 3 aliphatic heterocycles. The summed E-state index contributed by atoms with van der Waals surface area (Å²) in [5, 5.41) is 11.9. The SMILES string of the molecule is Nc1nc2c(ncn2[C@@H]2OC3=C(O)C2OP(O)(=S)OC[C@H]2O[C@@H](n4ccc5ccccc54)CC2OP(=O)(O)OC3)c(=O)[nH]1. The van der Waals surface area contributed by atoms with E-state index < -0.39 is 69.8 Å². The first-order valence-electron chi connectivity index (χ1n) is 12.8. The molecule has 228 valence electrons. The van der Waals surface area contributed by atoms with Crippen molar-refractivity contribution in [3.63, 3.8) is 0 Å². The number of fused-ring (bicyclic) bond motifs is 4. The van der Waals surface area contributed by atoms with Crippen molar-refractivity contribution in [3.8, 4) is 0 Å². The quantitative estimate of drug-likeness (QED) is 0.195. The van der Waals surface area contributed by atoms with Gasteiger partial charge in [-0.2, -0.15) is 4.98 Å². The smallest absolute Gasteiger partial charge is 0.472 e. The Morgan fingerprint density at radius 3 is 2.77 bits per heavy atom. The van der Waals surface area contributed by atoms with Crippen LogP contribution in [0.1, 0.15) is 18.9 Å². The highest BCUT2D eigenvalue weighted by Crippen LogP contribution is 2.54. The molecule has 1 fully saturated rings. The lowest BCUT2D eigenvalue weighted by molar-refractivity contribution is -0.0498. The van der Waals surface area contributed by atoms with E-state index in [1.54, 1.807) is 0 Å². The fourth-order valence-corrected chi connectivity index (χ4v) is 7.53. The van der Waals surface area contributed by atoms with Gasteiger partial charge >= 0.3 is 14.5 Å². The molecule has 4 unspecified atom stereocenters. The zero-order valence-electron chi connectivity index (χ0n) is 21.8. The van der Waals surface area contributed by atoms with Crippen molar-refractivity contribution in [1.29, 1.82) is 0 Å². The zero-order chi connectivity index (χ0) is 30.1. The molecule has 0 spiro atoms. The van der Waals surface area contributed by atoms with Crippen LogP contribution in [-0.4, -0.2) is 70.5 Å². The van der Waals surface area contributed by atoms with Crippen LogP contribution in [0.5, 0.6) is 0 Å². The van der Waals surface area contributed by atoms with E-state index >= 15 is 0 Å². The highest BCUT2D eigenvalue weighted by atomic mass is 32.5. The number of hydrogen-bond donors (Lipinski definition) is 5. The maximum atomic E-state index is 13.0. The number of ether oxygens (including phenoxy) is 2. The topological polar surface area (TPSA) is 228 Å². The second-order valence-electron chi connectivity index (χ2n) is 9.91. The number of aliphatic hydroxyl groups excluding tert-OH is 1. The monoisotopic (exact) mass is 654 g/mol. The van der Waals surface area contributed by atoms with Crippen LogP contribution < -0.4 is 11.3 Å². The van der Waals surface area contributed by atoms with Crippen molar-refractivity contribution >= 4 is 54.4 Å². The number of H-pyrrole nitrogens is 1. The van der Waals surface area contributed by atoms with Crippen molar-refractivity contribution in [2.45, 2.75) is 37.2 Å². The highest BCUT2D eigenvalue weighted by Gasteiger charge is 2.47. The molecule has 0 saturated carbocycles. The average molecular weight is 654 g/mol. The van der Waals surface area contributed by atoms with E-state index in [2.05, 4.69) is 15.0 Å². The third kappa shape index (κ3) is 5.29. The van der Waals surface area contributed by atoms with Crippen molar-refractivity contribution < 1.29 is 47.0 Å². The van der Waals surface area contributed by atoms with Crippen LogP contribution in [0.15, 0.2) is 59.2 Å². The van der Waals surface area contributed by atoms with Crippen molar-refractivity contribution in [2.75, 3.05) is 18.9 Å². The minimum atomic E-state index is -4.78. The second kappa shape index (κ2) is 10.5. The number of benzene rings is 1. The van der Waals surface area contributed by atoms with E-state index in [1.807, 2.05) is 41.1 Å². The Morgan fingerprint density at radius 2 is 1.93 bits per heavy atom. The lowest BCUT2D eigenvalue weighted by Crippen LogP contribution is -2.29. The third-order valence-corrected chi connectivity index (χ3v) is 9.73. The van der Waals surface area contributed by atoms with Crippen LogP contribution in [0, 0.1) is 0 Å². The van der Waals surface area contributed by atoms with E-state index in [0.29, 0.717) is 0 Å². The second-order valence-corrected chi connectivity index (χ2v) is 14.1. The summed E-state index contributed by atoms with van der Waals surface area (Å²) in [5.41, 5.74) is 5.79. The molecule has 1 aromatic carbocycles. The highest BCUT2D eigenvalue weighted by molar-refractivity contribution is 8.07. The van der Waals surface area contributed by atoms with Gasteiger partial charge in [-0.1, -0.05) is 18.2 Å². The molecule has 17 nitrogen and oxygen atoms in total. The molecule has 0 aliphatic carbocycles. The molecule has 7 rings (SSSR count). The number of nitrogen functional groups attached to an aromatic ring is 1. The number of nitrogens with zero attached hydrogens (tertiary/aromatic N) is 4. The molecule has 3 aromatic heterocycles. The average Bonchev–Trinajstić information content (AvgIpc) is 3.71. The molecule has 43 heavy (non-hydrogen) atoms. The van der Waals surface area contributed by atoms with Gasteiger partial charge in [0.25, 0.3) is 5.56 Å². The summed E-state index contributed by atoms with van der Waals surface area (Å²) in [6, 6.07) is 9.52. The number of nitrogens with two attached hydrogens (primary N) is 1. The number of aliphatic hydroxyl groups is 1. The number of hydrogen-bond acceptors (Lipinski definition) is 13. The Balaban J connectivity index is 1.20. The molecule has 20 heteroatoms. The lowest BCUT2D eigenvalue weighted by atomic mass is 10.2. The van der Waals surface area contributed by atoms with Crippen LogP contribution in [-0.2, 0) is 43.9 Å². The number of para-hydroxylation sites is 1. The minimum Gasteiger partial charge on any atom is -0.506 e. The number of nitrogens with one attached hydrogen (secondary N) is 1. The number of anilines is 1. The van der Waals surface area contributed by atoms with Crippen LogP contribution in [0.2, 0.25) is 0 Å². The van der Waals surface area contributed by atoms with E-state index in [0.717, 1.165) is 10.9 Å². The number of aromatic nitrogens is 5. The normalized spacial score (nSPS) is 33.6. The molecule has 3 aliphatic rings.